The Bertz CT molecular complexity index is 344. The van der Waals surface area contributed by atoms with E-state index in [1.807, 2.05) is 6.92 Å². The van der Waals surface area contributed by atoms with Crippen molar-refractivity contribution in [3.05, 3.63) is 29.8 Å². The molecule has 0 unspecified atom stereocenters. The van der Waals surface area contributed by atoms with Crippen molar-refractivity contribution in [1.82, 2.24) is 0 Å². The van der Waals surface area contributed by atoms with E-state index >= 15 is 0 Å². The Morgan fingerprint density at radius 2 is 1.58 bits per heavy atom. The van der Waals surface area contributed by atoms with Crippen LogP contribution < -0.4 is 5.14 Å². The molecule has 0 spiro atoms. The molecule has 1 aromatic carbocycles. The van der Waals surface area contributed by atoms with E-state index in [0.29, 0.717) is 0 Å². The van der Waals surface area contributed by atoms with Crippen LogP contribution in [0.1, 0.15) is 5.56 Å². The first kappa shape index (κ1) is 12.1. The monoisotopic (exact) mass is 373 g/mol. The molecule has 1 rings (SSSR count). The van der Waals surface area contributed by atoms with Gasteiger partial charge in [-0.05, 0) is 19.1 Å². The van der Waals surface area contributed by atoms with Crippen molar-refractivity contribution in [3.8, 4) is 0 Å². The van der Waals surface area contributed by atoms with Crippen LogP contribution >= 0.6 is 0 Å². The number of aryl methyl sites for hydroxylation is 1. The first-order valence-electron chi connectivity index (χ1n) is 3.09. The average molecular weight is 372 g/mol. The van der Waals surface area contributed by atoms with Gasteiger partial charge in [-0.25, -0.2) is 13.6 Å². The zero-order valence-electron chi connectivity index (χ0n) is 6.82. The Balaban J connectivity index is 0.00000121. The Labute approximate surface area is 92.5 Å². The van der Waals surface area contributed by atoms with Crippen molar-refractivity contribution in [2.75, 3.05) is 0 Å². The van der Waals surface area contributed by atoms with Gasteiger partial charge in [-0.2, -0.15) is 0 Å². The first-order valence-corrected chi connectivity index (χ1v) is 4.64. The van der Waals surface area contributed by atoms with Gasteiger partial charge in [0, 0.05) is 27.7 Å². The Kier molecular flexibility index (Phi) is 4.37. The van der Waals surface area contributed by atoms with Gasteiger partial charge in [-0.3, -0.25) is 0 Å². The summed E-state index contributed by atoms with van der Waals surface area (Å²) in [6.07, 6.45) is 0. The number of benzene rings is 1. The van der Waals surface area contributed by atoms with E-state index in [2.05, 4.69) is 0 Å². The van der Waals surface area contributed by atoms with Gasteiger partial charge in [-0.1, -0.05) is 17.7 Å². The molecule has 3 nitrogen and oxygen atoms in total. The second kappa shape index (κ2) is 4.34. The summed E-state index contributed by atoms with van der Waals surface area (Å²) in [5.41, 5.74) is 1.01. The van der Waals surface area contributed by atoms with Crippen molar-refractivity contribution in [2.24, 2.45) is 5.14 Å². The molecule has 1 aromatic rings. The first-order chi connectivity index (χ1) is 5.00. The molecule has 0 bridgehead atoms. The molecule has 0 aliphatic rings. The van der Waals surface area contributed by atoms with Crippen molar-refractivity contribution < 1.29 is 36.1 Å². The number of hydrogen-bond donors (Lipinski definition) is 1. The topological polar surface area (TPSA) is 60.2 Å². The summed E-state index contributed by atoms with van der Waals surface area (Å²) < 4.78 is 21.4. The maximum Gasteiger partial charge on any atom is 0.238 e. The SMILES string of the molecule is Cc1ccc(S(N)(=O)=O)cc1.[Hg]. The van der Waals surface area contributed by atoms with E-state index in [-0.39, 0.29) is 32.6 Å². The molecule has 5 heteroatoms. The summed E-state index contributed by atoms with van der Waals surface area (Å²) in [5.74, 6) is 0. The fourth-order valence-electron chi connectivity index (χ4n) is 0.728. The summed E-state index contributed by atoms with van der Waals surface area (Å²) in [5, 5.41) is 4.88. The predicted molar refractivity (Wildman–Crippen MR) is 42.6 cm³/mol. The minimum absolute atomic E-state index is 0. The number of nitrogens with two attached hydrogens (primary N) is 1. The second-order valence-corrected chi connectivity index (χ2v) is 3.92. The van der Waals surface area contributed by atoms with Crippen molar-refractivity contribution in [3.63, 3.8) is 0 Å². The number of hydrogen-bond acceptors (Lipinski definition) is 2. The maximum atomic E-state index is 10.7. The fraction of sp³-hybridized carbons (Fsp3) is 0.143. The Hall–Kier alpha value is 0.0651. The minimum Gasteiger partial charge on any atom is -0.225 e. The summed E-state index contributed by atoms with van der Waals surface area (Å²) in [7, 11) is -3.52. The smallest absolute Gasteiger partial charge is 0.225 e. The summed E-state index contributed by atoms with van der Waals surface area (Å²) in [6, 6.07) is 6.40. The van der Waals surface area contributed by atoms with Gasteiger partial charge in [0.1, 0.15) is 0 Å². The largest absolute Gasteiger partial charge is 0.238 e. The molecule has 0 aliphatic heterocycles. The van der Waals surface area contributed by atoms with Crippen LogP contribution in [0.2, 0.25) is 0 Å². The number of sulfonamides is 1. The normalized spacial score (nSPS) is 10.5. The van der Waals surface area contributed by atoms with Gasteiger partial charge in [0.15, 0.2) is 0 Å². The third kappa shape index (κ3) is 3.20. The minimum atomic E-state index is -3.52. The van der Waals surface area contributed by atoms with Crippen LogP contribution in [0.3, 0.4) is 0 Å². The van der Waals surface area contributed by atoms with E-state index in [9.17, 15) is 8.42 Å². The van der Waals surface area contributed by atoms with Gasteiger partial charge in [0.05, 0.1) is 4.90 Å². The molecule has 0 aliphatic carbocycles. The molecular weight excluding hydrogens is 363 g/mol. The fourth-order valence-corrected chi connectivity index (χ4v) is 1.24. The molecule has 12 heavy (non-hydrogen) atoms. The van der Waals surface area contributed by atoms with Gasteiger partial charge >= 0.3 is 0 Å². The molecule has 0 aromatic heterocycles. The molecule has 0 radical (unpaired) electrons. The molecule has 0 saturated heterocycles. The molecule has 0 saturated carbocycles. The summed E-state index contributed by atoms with van der Waals surface area (Å²) in [6.45, 7) is 1.88. The van der Waals surface area contributed by atoms with E-state index in [1.54, 1.807) is 12.1 Å². The van der Waals surface area contributed by atoms with Crippen LogP contribution in [0.4, 0.5) is 0 Å². The molecule has 2 N–H and O–H groups in total. The summed E-state index contributed by atoms with van der Waals surface area (Å²) >= 11 is 0. The van der Waals surface area contributed by atoms with Crippen molar-refractivity contribution >= 4 is 10.0 Å². The number of primary sulfonamides is 1. The van der Waals surface area contributed by atoms with E-state index in [4.69, 9.17) is 5.14 Å². The van der Waals surface area contributed by atoms with Crippen LogP contribution in [-0.2, 0) is 37.7 Å². The third-order valence-electron chi connectivity index (χ3n) is 1.35. The van der Waals surface area contributed by atoms with Gasteiger partial charge in [0.2, 0.25) is 10.0 Å². The van der Waals surface area contributed by atoms with Crippen molar-refractivity contribution in [1.29, 1.82) is 0 Å². The van der Waals surface area contributed by atoms with Gasteiger partial charge in [-0.15, -0.1) is 0 Å². The zero-order valence-corrected chi connectivity index (χ0v) is 13.1. The molecule has 0 fully saturated rings. The van der Waals surface area contributed by atoms with E-state index in [0.717, 1.165) is 5.56 Å². The number of rotatable bonds is 1. The maximum absolute atomic E-state index is 10.7. The molecular formula is C7H9HgNO2S. The molecule has 0 heterocycles. The zero-order chi connectivity index (χ0) is 8.48. The Morgan fingerprint density at radius 1 is 1.17 bits per heavy atom. The van der Waals surface area contributed by atoms with Gasteiger partial charge in [0.25, 0.3) is 0 Å². The van der Waals surface area contributed by atoms with Crippen molar-refractivity contribution in [2.45, 2.75) is 11.8 Å². The quantitative estimate of drug-likeness (QED) is 0.736. The summed E-state index contributed by atoms with van der Waals surface area (Å²) in [4.78, 5) is 0.156. The van der Waals surface area contributed by atoms with Crippen LogP contribution in [0.25, 0.3) is 0 Å². The standard InChI is InChI=1S/C7H9NO2S.Hg/c1-6-2-4-7(5-3-6)11(8,9)10;/h2-5H,1H3,(H2,8,9,10);. The van der Waals surface area contributed by atoms with Gasteiger partial charge < -0.3 is 0 Å². The molecule has 0 atom stereocenters. The second-order valence-electron chi connectivity index (χ2n) is 2.36. The molecule has 0 amide bonds. The van der Waals surface area contributed by atoms with E-state index < -0.39 is 10.0 Å². The predicted octanol–water partition coefficient (Wildman–Crippen LogP) is 0.640. The Morgan fingerprint density at radius 3 is 1.92 bits per heavy atom. The third-order valence-corrected chi connectivity index (χ3v) is 2.28. The van der Waals surface area contributed by atoms with Crippen LogP contribution in [0, 0.1) is 6.92 Å². The average Bonchev–Trinajstić information content (AvgIpc) is 1.86. The van der Waals surface area contributed by atoms with Crippen LogP contribution in [0.15, 0.2) is 29.2 Å². The molecule has 62 valence electrons. The van der Waals surface area contributed by atoms with Crippen LogP contribution in [0.5, 0.6) is 0 Å². The van der Waals surface area contributed by atoms with E-state index in [1.165, 1.54) is 12.1 Å². The van der Waals surface area contributed by atoms with Crippen LogP contribution in [-0.4, -0.2) is 8.42 Å².